The second kappa shape index (κ2) is 12.2. The topological polar surface area (TPSA) is 87.2 Å². The Bertz CT molecular complexity index is 1000. The summed E-state index contributed by atoms with van der Waals surface area (Å²) in [6.07, 6.45) is 4.57. The second-order valence-corrected chi connectivity index (χ2v) is 12.1. The molecule has 0 radical (unpaired) electrons. The van der Waals surface area contributed by atoms with Gasteiger partial charge in [-0.25, -0.2) is 4.79 Å². The molecule has 198 valence electrons. The summed E-state index contributed by atoms with van der Waals surface area (Å²) in [6.45, 7) is 12.0. The number of carbonyl (C=O) groups excluding carboxylic acids is 2. The van der Waals surface area contributed by atoms with E-state index in [0.717, 1.165) is 37.0 Å². The molecule has 1 aromatic heterocycles. The monoisotopic (exact) mass is 516 g/mol. The summed E-state index contributed by atoms with van der Waals surface area (Å²) in [5.74, 6) is 5.22. The molecule has 1 atom stereocenters. The number of anilines is 1. The number of nitrogens with zero attached hydrogens (tertiary/aromatic N) is 2. The number of carbonyl (C=O) groups is 3. The Balaban J connectivity index is 2.09. The van der Waals surface area contributed by atoms with Gasteiger partial charge in [0.2, 0.25) is 11.8 Å². The Morgan fingerprint density at radius 1 is 1.19 bits per heavy atom. The van der Waals surface area contributed by atoms with Gasteiger partial charge in [0.05, 0.1) is 23.8 Å². The molecule has 1 saturated carbocycles. The summed E-state index contributed by atoms with van der Waals surface area (Å²) in [5.41, 5.74) is 0.0493. The Morgan fingerprint density at radius 2 is 1.83 bits per heavy atom. The van der Waals surface area contributed by atoms with Gasteiger partial charge in [0.15, 0.2) is 0 Å². The predicted molar refractivity (Wildman–Crippen MR) is 142 cm³/mol. The van der Waals surface area contributed by atoms with E-state index < -0.39 is 12.0 Å². The molecule has 0 aromatic carbocycles. The van der Waals surface area contributed by atoms with E-state index in [2.05, 4.69) is 18.8 Å². The van der Waals surface area contributed by atoms with Crippen molar-refractivity contribution in [3.05, 3.63) is 15.8 Å². The van der Waals surface area contributed by atoms with Gasteiger partial charge in [0.1, 0.15) is 10.9 Å². The zero-order valence-electron chi connectivity index (χ0n) is 22.3. The third kappa shape index (κ3) is 7.10. The largest absolute Gasteiger partial charge is 0.477 e. The molecular formula is C28H40N2O5S. The van der Waals surface area contributed by atoms with Gasteiger partial charge in [-0.1, -0.05) is 32.1 Å². The summed E-state index contributed by atoms with van der Waals surface area (Å²) in [4.78, 5) is 44.2. The predicted octanol–water partition coefficient (Wildman–Crippen LogP) is 5.03. The molecule has 2 fully saturated rings. The molecule has 0 unspecified atom stereocenters. The molecule has 2 aliphatic rings. The normalized spacial score (nSPS) is 21.3. The van der Waals surface area contributed by atoms with E-state index in [4.69, 9.17) is 4.74 Å². The van der Waals surface area contributed by atoms with Gasteiger partial charge in [-0.3, -0.25) is 14.5 Å². The smallest absolute Gasteiger partial charge is 0.348 e. The van der Waals surface area contributed by atoms with Crippen molar-refractivity contribution >= 4 is 34.8 Å². The van der Waals surface area contributed by atoms with Crippen molar-refractivity contribution in [3.63, 3.8) is 0 Å². The number of amides is 2. The number of rotatable bonds is 7. The first-order chi connectivity index (χ1) is 17.0. The molecule has 1 aliphatic carbocycles. The van der Waals surface area contributed by atoms with Crippen LogP contribution in [0.15, 0.2) is 6.07 Å². The minimum absolute atomic E-state index is 0.0571. The number of aromatic carboxylic acids is 1. The standard InChI is InChI=1S/C28H40N2O5S/c1-6-7-22(26(32)29-14-16-35-17-15-29)30(25(31)20-10-8-19(2)9-11-20)23-18-21(12-13-28(3,4)5)36-24(23)27(33)34/h18-20,22H,6-11,14-17H2,1-5H3,(H,33,34)/t19?,20?,22-/m0/s1. The molecular weight excluding hydrogens is 476 g/mol. The van der Waals surface area contributed by atoms with Gasteiger partial charge in [-0.15, -0.1) is 11.3 Å². The van der Waals surface area contributed by atoms with Crippen molar-refractivity contribution in [1.29, 1.82) is 0 Å². The lowest BCUT2D eigenvalue weighted by Crippen LogP contribution is -2.55. The maximum atomic E-state index is 14.1. The van der Waals surface area contributed by atoms with Crippen LogP contribution in [-0.2, 0) is 14.3 Å². The van der Waals surface area contributed by atoms with E-state index in [1.165, 1.54) is 4.90 Å². The van der Waals surface area contributed by atoms with Crippen LogP contribution in [0.1, 0.15) is 87.7 Å². The van der Waals surface area contributed by atoms with Gasteiger partial charge in [0.25, 0.3) is 0 Å². The van der Waals surface area contributed by atoms with Crippen molar-refractivity contribution in [2.75, 3.05) is 31.2 Å². The van der Waals surface area contributed by atoms with Crippen molar-refractivity contribution in [3.8, 4) is 11.8 Å². The van der Waals surface area contributed by atoms with E-state index in [9.17, 15) is 19.5 Å². The van der Waals surface area contributed by atoms with Crippen molar-refractivity contribution in [2.24, 2.45) is 17.3 Å². The van der Waals surface area contributed by atoms with Crippen LogP contribution < -0.4 is 4.90 Å². The lowest BCUT2D eigenvalue weighted by Gasteiger charge is -2.38. The highest BCUT2D eigenvalue weighted by Gasteiger charge is 2.40. The number of hydrogen-bond acceptors (Lipinski definition) is 5. The van der Waals surface area contributed by atoms with Crippen LogP contribution in [0, 0.1) is 29.1 Å². The first-order valence-electron chi connectivity index (χ1n) is 13.1. The number of thiophene rings is 1. The van der Waals surface area contributed by atoms with Crippen LogP contribution in [0.2, 0.25) is 0 Å². The minimum Gasteiger partial charge on any atom is -0.477 e. The zero-order chi connectivity index (χ0) is 26.5. The van der Waals surface area contributed by atoms with E-state index in [1.54, 1.807) is 11.0 Å². The van der Waals surface area contributed by atoms with Crippen molar-refractivity contribution in [1.82, 2.24) is 4.90 Å². The SMILES string of the molecule is CCC[C@@H](C(=O)N1CCOCC1)N(C(=O)C1CCC(C)CC1)c1cc(C#CC(C)(C)C)sc1C(=O)O. The van der Waals surface area contributed by atoms with Gasteiger partial charge in [0, 0.05) is 24.4 Å². The molecule has 1 aromatic rings. The molecule has 1 aliphatic heterocycles. The molecule has 2 heterocycles. The molecule has 8 heteroatoms. The van der Waals surface area contributed by atoms with Gasteiger partial charge in [-0.05, 0) is 64.9 Å². The maximum Gasteiger partial charge on any atom is 0.348 e. The molecule has 36 heavy (non-hydrogen) atoms. The van der Waals surface area contributed by atoms with E-state index in [1.807, 2.05) is 27.7 Å². The van der Waals surface area contributed by atoms with E-state index in [0.29, 0.717) is 55.6 Å². The van der Waals surface area contributed by atoms with E-state index >= 15 is 0 Å². The van der Waals surface area contributed by atoms with Crippen molar-refractivity contribution in [2.45, 2.75) is 79.2 Å². The molecule has 0 bridgehead atoms. The van der Waals surface area contributed by atoms with Gasteiger partial charge >= 0.3 is 5.97 Å². The summed E-state index contributed by atoms with van der Waals surface area (Å²) < 4.78 is 5.43. The third-order valence-electron chi connectivity index (χ3n) is 6.81. The highest BCUT2D eigenvalue weighted by Crippen LogP contribution is 2.37. The second-order valence-electron chi connectivity index (χ2n) is 11.0. The summed E-state index contributed by atoms with van der Waals surface area (Å²) in [5, 5.41) is 10.1. The minimum atomic E-state index is -1.11. The number of carboxylic acid groups (broad SMARTS) is 1. The Labute approximate surface area is 219 Å². The van der Waals surface area contributed by atoms with Crippen LogP contribution in [0.4, 0.5) is 5.69 Å². The van der Waals surface area contributed by atoms with Crippen LogP contribution in [0.25, 0.3) is 0 Å². The lowest BCUT2D eigenvalue weighted by atomic mass is 9.82. The quantitative estimate of drug-likeness (QED) is 0.514. The van der Waals surface area contributed by atoms with Crippen LogP contribution >= 0.6 is 11.3 Å². The zero-order valence-corrected chi connectivity index (χ0v) is 23.1. The third-order valence-corrected chi connectivity index (χ3v) is 7.84. The first kappa shape index (κ1) is 28.2. The number of carboxylic acids is 1. The van der Waals surface area contributed by atoms with Crippen LogP contribution in [0.5, 0.6) is 0 Å². The number of ether oxygens (including phenoxy) is 1. The average molecular weight is 517 g/mol. The average Bonchev–Trinajstić information content (AvgIpc) is 3.27. The van der Waals surface area contributed by atoms with E-state index in [-0.39, 0.29) is 28.0 Å². The Kier molecular flexibility index (Phi) is 9.59. The first-order valence-corrected chi connectivity index (χ1v) is 13.9. The van der Waals surface area contributed by atoms with Gasteiger partial charge < -0.3 is 14.7 Å². The summed E-state index contributed by atoms with van der Waals surface area (Å²) in [7, 11) is 0. The van der Waals surface area contributed by atoms with Gasteiger partial charge in [-0.2, -0.15) is 0 Å². The molecule has 1 N–H and O–H groups in total. The highest BCUT2D eigenvalue weighted by atomic mass is 32.1. The van der Waals surface area contributed by atoms with Crippen molar-refractivity contribution < 1.29 is 24.2 Å². The molecule has 0 spiro atoms. The summed E-state index contributed by atoms with van der Waals surface area (Å²) in [6, 6.07) is 0.946. The fourth-order valence-electron chi connectivity index (χ4n) is 4.80. The summed E-state index contributed by atoms with van der Waals surface area (Å²) >= 11 is 1.07. The molecule has 3 rings (SSSR count). The van der Waals surface area contributed by atoms with Crippen LogP contribution in [0.3, 0.4) is 0 Å². The molecule has 2 amide bonds. The Morgan fingerprint density at radius 3 is 2.39 bits per heavy atom. The fraction of sp³-hybridized carbons (Fsp3) is 0.679. The maximum absolute atomic E-state index is 14.1. The molecule has 1 saturated heterocycles. The Hall–Kier alpha value is -2.37. The fourth-order valence-corrected chi connectivity index (χ4v) is 5.64. The molecule has 7 nitrogen and oxygen atoms in total. The lowest BCUT2D eigenvalue weighted by molar-refractivity contribution is -0.139. The number of hydrogen-bond donors (Lipinski definition) is 1. The van der Waals surface area contributed by atoms with Crippen LogP contribution in [-0.4, -0.2) is 60.1 Å². The highest BCUT2D eigenvalue weighted by molar-refractivity contribution is 7.15. The number of morpholine rings is 1.